The molecule has 49 heavy (non-hydrogen) atoms. The molecule has 0 aliphatic carbocycles. The van der Waals surface area contributed by atoms with Crippen LogP contribution in [0.15, 0.2) is 176 Å². The summed E-state index contributed by atoms with van der Waals surface area (Å²) in [6.07, 6.45) is 0. The van der Waals surface area contributed by atoms with Crippen LogP contribution in [0.5, 0.6) is 0 Å². The number of rotatable bonds is 4. The molecule has 0 amide bonds. The maximum Gasteiger partial charge on any atom is 0.171 e. The Kier molecular flexibility index (Phi) is 6.15. The zero-order chi connectivity index (χ0) is 32.5. The van der Waals surface area contributed by atoms with Crippen LogP contribution in [-0.2, 0) is 4.57 Å². The molecule has 4 heteroatoms. The van der Waals surface area contributed by atoms with Crippen molar-refractivity contribution in [3.05, 3.63) is 176 Å². The SMILES string of the molecule is O=P(c1ccccc1)(c1ccccc1)c1cccc2cc3c(-c4ccc5c(c4)c4ccccc4n4c6ccccc6nc54)cccc3cc12. The van der Waals surface area contributed by atoms with Crippen LogP contribution < -0.4 is 15.9 Å². The molecule has 0 saturated heterocycles. The first kappa shape index (κ1) is 28.0. The van der Waals surface area contributed by atoms with Crippen molar-refractivity contribution in [2.45, 2.75) is 0 Å². The van der Waals surface area contributed by atoms with Crippen molar-refractivity contribution in [3.63, 3.8) is 0 Å². The molecule has 8 aromatic carbocycles. The molecule has 2 heterocycles. The largest absolute Gasteiger partial charge is 0.309 e. The quantitative estimate of drug-likeness (QED) is 0.109. The first-order valence-electron chi connectivity index (χ1n) is 16.6. The molecule has 0 bridgehead atoms. The van der Waals surface area contributed by atoms with Gasteiger partial charge in [-0.1, -0.05) is 133 Å². The van der Waals surface area contributed by atoms with Gasteiger partial charge in [0.2, 0.25) is 0 Å². The molecule has 3 nitrogen and oxygen atoms in total. The number of hydrogen-bond acceptors (Lipinski definition) is 2. The van der Waals surface area contributed by atoms with Gasteiger partial charge in [0.05, 0.1) is 16.6 Å². The van der Waals surface area contributed by atoms with E-state index in [1.807, 2.05) is 78.9 Å². The van der Waals surface area contributed by atoms with E-state index in [0.717, 1.165) is 70.6 Å². The van der Waals surface area contributed by atoms with Gasteiger partial charge < -0.3 is 4.57 Å². The molecule has 0 atom stereocenters. The van der Waals surface area contributed by atoms with Crippen LogP contribution >= 0.6 is 7.14 Å². The van der Waals surface area contributed by atoms with Crippen molar-refractivity contribution < 1.29 is 4.57 Å². The Labute approximate surface area is 283 Å². The maximum atomic E-state index is 15.4. The number of nitrogens with zero attached hydrogens (tertiary/aromatic N) is 2. The summed E-state index contributed by atoms with van der Waals surface area (Å²) >= 11 is 0. The van der Waals surface area contributed by atoms with E-state index >= 15 is 4.57 Å². The highest BCUT2D eigenvalue weighted by Gasteiger charge is 2.31. The lowest BCUT2D eigenvalue weighted by Gasteiger charge is -2.22. The molecular weight excluding hydrogens is 615 g/mol. The summed E-state index contributed by atoms with van der Waals surface area (Å²) in [4.78, 5) is 5.09. The summed E-state index contributed by atoms with van der Waals surface area (Å²) in [5.74, 6) is 0. The van der Waals surface area contributed by atoms with Gasteiger partial charge in [0.25, 0.3) is 0 Å². The zero-order valence-electron chi connectivity index (χ0n) is 26.5. The van der Waals surface area contributed by atoms with Crippen LogP contribution in [0.25, 0.3) is 71.0 Å². The summed E-state index contributed by atoms with van der Waals surface area (Å²) in [6.45, 7) is 0. The zero-order valence-corrected chi connectivity index (χ0v) is 27.4. The van der Waals surface area contributed by atoms with Gasteiger partial charge in [-0.3, -0.25) is 4.40 Å². The topological polar surface area (TPSA) is 34.4 Å². The van der Waals surface area contributed by atoms with Gasteiger partial charge in [0.1, 0.15) is 5.65 Å². The molecule has 0 unspecified atom stereocenters. The van der Waals surface area contributed by atoms with E-state index in [2.05, 4.69) is 101 Å². The van der Waals surface area contributed by atoms with Crippen molar-refractivity contribution in [3.8, 4) is 11.1 Å². The van der Waals surface area contributed by atoms with E-state index in [-0.39, 0.29) is 0 Å². The van der Waals surface area contributed by atoms with E-state index in [0.29, 0.717) is 0 Å². The predicted molar refractivity (Wildman–Crippen MR) is 208 cm³/mol. The second kappa shape index (κ2) is 10.8. The molecule has 10 aromatic rings. The fourth-order valence-corrected chi connectivity index (χ4v) is 10.6. The first-order valence-corrected chi connectivity index (χ1v) is 18.3. The Balaban J connectivity index is 1.21. The number of pyridine rings is 1. The van der Waals surface area contributed by atoms with Gasteiger partial charge in [-0.25, -0.2) is 4.98 Å². The fourth-order valence-electron chi connectivity index (χ4n) is 7.74. The summed E-state index contributed by atoms with van der Waals surface area (Å²) < 4.78 is 17.7. The van der Waals surface area contributed by atoms with Gasteiger partial charge >= 0.3 is 0 Å². The third-order valence-corrected chi connectivity index (χ3v) is 13.1. The van der Waals surface area contributed by atoms with Gasteiger partial charge in [-0.05, 0) is 80.5 Å². The van der Waals surface area contributed by atoms with Crippen molar-refractivity contribution in [2.75, 3.05) is 0 Å². The van der Waals surface area contributed by atoms with Crippen molar-refractivity contribution >= 4 is 83.0 Å². The number of hydrogen-bond donors (Lipinski definition) is 0. The third kappa shape index (κ3) is 4.16. The van der Waals surface area contributed by atoms with Crippen LogP contribution in [0.1, 0.15) is 0 Å². The summed E-state index contributed by atoms with van der Waals surface area (Å²) in [5, 5.41) is 10.4. The molecule has 0 N–H and O–H groups in total. The second-order valence-corrected chi connectivity index (χ2v) is 15.4. The molecule has 2 aromatic heterocycles. The summed E-state index contributed by atoms with van der Waals surface area (Å²) in [5.41, 5.74) is 6.54. The highest BCUT2D eigenvalue weighted by Crippen LogP contribution is 2.45. The lowest BCUT2D eigenvalue weighted by Crippen LogP contribution is -2.25. The lowest BCUT2D eigenvalue weighted by molar-refractivity contribution is 0.592. The van der Waals surface area contributed by atoms with Gasteiger partial charge in [-0.15, -0.1) is 0 Å². The van der Waals surface area contributed by atoms with E-state index in [1.165, 1.54) is 16.3 Å². The predicted octanol–water partition coefficient (Wildman–Crippen LogP) is 10.4. The Morgan fingerprint density at radius 2 is 1.08 bits per heavy atom. The third-order valence-electron chi connectivity index (χ3n) is 10.0. The average molecular weight is 645 g/mol. The molecule has 0 aliphatic rings. The van der Waals surface area contributed by atoms with E-state index in [4.69, 9.17) is 4.98 Å². The Hall–Kier alpha value is -6.02. The Morgan fingerprint density at radius 3 is 1.86 bits per heavy atom. The van der Waals surface area contributed by atoms with Gasteiger partial charge in [-0.2, -0.15) is 0 Å². The molecule has 0 radical (unpaired) electrons. The fraction of sp³-hybridized carbons (Fsp3) is 0. The van der Waals surface area contributed by atoms with Crippen LogP contribution in [0.3, 0.4) is 0 Å². The molecular formula is C45H29N2OP. The standard InChI is InChI=1S/C45H29N2OP/c48-49(33-15-3-1-4-16-33,34-17-5-2-6-18-34)44-24-12-14-31-27-38-30(28-39(31)44)13-11-20-35(38)32-25-26-37-40(29-32)36-19-7-9-22-42(36)47-43-23-10-8-21-41(43)46-45(37)47/h1-29H. The number of imidazole rings is 1. The average Bonchev–Trinajstić information content (AvgIpc) is 3.57. The normalized spacial score (nSPS) is 12.2. The van der Waals surface area contributed by atoms with Crippen molar-refractivity contribution in [1.82, 2.24) is 9.38 Å². The monoisotopic (exact) mass is 644 g/mol. The summed E-state index contributed by atoms with van der Waals surface area (Å²) in [7, 11) is -3.16. The lowest BCUT2D eigenvalue weighted by atomic mass is 9.93. The van der Waals surface area contributed by atoms with Crippen LogP contribution in [0.4, 0.5) is 0 Å². The highest BCUT2D eigenvalue weighted by molar-refractivity contribution is 7.85. The Morgan fingerprint density at radius 1 is 0.449 bits per heavy atom. The molecule has 0 spiro atoms. The minimum Gasteiger partial charge on any atom is -0.309 e. The first-order chi connectivity index (χ1) is 24.2. The van der Waals surface area contributed by atoms with Gasteiger partial charge in [0.15, 0.2) is 7.14 Å². The number of benzene rings is 8. The van der Waals surface area contributed by atoms with E-state index in [1.54, 1.807) is 0 Å². The molecule has 0 saturated carbocycles. The Bertz CT molecular complexity index is 2920. The smallest absolute Gasteiger partial charge is 0.171 e. The van der Waals surface area contributed by atoms with E-state index < -0.39 is 7.14 Å². The summed E-state index contributed by atoms with van der Waals surface area (Å²) in [6, 6.07) is 60.9. The molecule has 10 rings (SSSR count). The maximum absolute atomic E-state index is 15.4. The van der Waals surface area contributed by atoms with Crippen LogP contribution in [0, 0.1) is 0 Å². The number of fused-ring (bicyclic) bond motifs is 10. The van der Waals surface area contributed by atoms with Crippen LogP contribution in [0.2, 0.25) is 0 Å². The minimum absolute atomic E-state index is 0.838. The molecule has 230 valence electrons. The number of aromatic nitrogens is 2. The molecule has 0 aliphatic heterocycles. The van der Waals surface area contributed by atoms with Crippen LogP contribution in [-0.4, -0.2) is 9.38 Å². The molecule has 0 fully saturated rings. The minimum atomic E-state index is -3.16. The van der Waals surface area contributed by atoms with E-state index in [9.17, 15) is 0 Å². The van der Waals surface area contributed by atoms with Gasteiger partial charge in [0, 0.05) is 26.7 Å². The van der Waals surface area contributed by atoms with Crippen molar-refractivity contribution in [2.24, 2.45) is 0 Å². The number of para-hydroxylation sites is 3. The van der Waals surface area contributed by atoms with Crippen molar-refractivity contribution in [1.29, 1.82) is 0 Å². The second-order valence-electron chi connectivity index (χ2n) is 12.7. The highest BCUT2D eigenvalue weighted by atomic mass is 31.2.